The maximum absolute atomic E-state index is 13.0. The molecule has 0 N–H and O–H groups in total. The van der Waals surface area contributed by atoms with Gasteiger partial charge in [-0.05, 0) is 24.5 Å². The Morgan fingerprint density at radius 1 is 1.25 bits per heavy atom. The molecule has 7 heteroatoms. The Hall–Kier alpha value is -1.99. The molecule has 2 saturated heterocycles. The van der Waals surface area contributed by atoms with Gasteiger partial charge in [-0.2, -0.15) is 0 Å². The molecule has 3 aliphatic rings. The Balaban J connectivity index is 1.65. The third-order valence-corrected chi connectivity index (χ3v) is 4.79. The molecule has 0 spiro atoms. The number of nitrogens with zero attached hydrogens (tertiary/aromatic N) is 3. The first kappa shape index (κ1) is 15.5. The Bertz CT molecular complexity index is 614. The van der Waals surface area contributed by atoms with Gasteiger partial charge in [0.2, 0.25) is 5.91 Å². The summed E-state index contributed by atoms with van der Waals surface area (Å²) in [5, 5.41) is 0. The largest absolute Gasteiger partial charge is 0.378 e. The Morgan fingerprint density at radius 3 is 2.71 bits per heavy atom. The highest BCUT2D eigenvalue weighted by molar-refractivity contribution is 5.86. The summed E-state index contributed by atoms with van der Waals surface area (Å²) in [5.41, 5.74) is 0.851. The SMILES string of the molecule is O=C([C@H]1OCC(=O)N(C2CC2)[C@@H]1c1cccnc1)N1CCOCC1. The smallest absolute Gasteiger partial charge is 0.254 e. The molecule has 24 heavy (non-hydrogen) atoms. The molecule has 2 amide bonds. The molecular weight excluding hydrogens is 310 g/mol. The first-order valence-corrected chi connectivity index (χ1v) is 8.45. The number of rotatable bonds is 3. The second-order valence-corrected chi connectivity index (χ2v) is 6.43. The number of hydrogen-bond donors (Lipinski definition) is 0. The van der Waals surface area contributed by atoms with Crippen LogP contribution in [0.25, 0.3) is 0 Å². The van der Waals surface area contributed by atoms with Crippen LogP contribution in [0.1, 0.15) is 24.4 Å². The Labute approximate surface area is 140 Å². The second-order valence-electron chi connectivity index (χ2n) is 6.43. The lowest BCUT2D eigenvalue weighted by Crippen LogP contribution is -2.57. The van der Waals surface area contributed by atoms with Gasteiger partial charge in [-0.15, -0.1) is 0 Å². The summed E-state index contributed by atoms with van der Waals surface area (Å²) in [6.45, 7) is 2.18. The van der Waals surface area contributed by atoms with Gasteiger partial charge < -0.3 is 19.3 Å². The zero-order valence-corrected chi connectivity index (χ0v) is 13.5. The summed E-state index contributed by atoms with van der Waals surface area (Å²) in [4.78, 5) is 33.3. The van der Waals surface area contributed by atoms with E-state index in [1.165, 1.54) is 0 Å². The summed E-state index contributed by atoms with van der Waals surface area (Å²) >= 11 is 0. The topological polar surface area (TPSA) is 72.0 Å². The molecular formula is C17H21N3O4. The van der Waals surface area contributed by atoms with E-state index in [0.717, 1.165) is 18.4 Å². The lowest BCUT2D eigenvalue weighted by Gasteiger charge is -2.42. The normalized spacial score (nSPS) is 28.1. The second kappa shape index (κ2) is 6.49. The molecule has 4 rings (SSSR count). The van der Waals surface area contributed by atoms with Crippen molar-refractivity contribution in [3.8, 4) is 0 Å². The summed E-state index contributed by atoms with van der Waals surface area (Å²) in [5.74, 6) is -0.109. The monoisotopic (exact) mass is 331 g/mol. The predicted octanol–water partition coefficient (Wildman–Crippen LogP) is 0.371. The molecule has 0 bridgehead atoms. The summed E-state index contributed by atoms with van der Waals surface area (Å²) in [7, 11) is 0. The van der Waals surface area contributed by atoms with Crippen LogP contribution in [-0.4, -0.2) is 71.7 Å². The van der Waals surface area contributed by atoms with Crippen molar-refractivity contribution in [2.45, 2.75) is 31.0 Å². The summed E-state index contributed by atoms with van der Waals surface area (Å²) < 4.78 is 11.1. The molecule has 1 aromatic rings. The quantitative estimate of drug-likeness (QED) is 0.800. The number of morpholine rings is 2. The average molecular weight is 331 g/mol. The van der Waals surface area contributed by atoms with Gasteiger partial charge in [0.1, 0.15) is 6.61 Å². The van der Waals surface area contributed by atoms with Crippen molar-refractivity contribution in [3.05, 3.63) is 30.1 Å². The zero-order valence-electron chi connectivity index (χ0n) is 13.5. The minimum Gasteiger partial charge on any atom is -0.378 e. The highest BCUT2D eigenvalue weighted by atomic mass is 16.5. The van der Waals surface area contributed by atoms with Crippen molar-refractivity contribution < 1.29 is 19.1 Å². The van der Waals surface area contributed by atoms with E-state index in [-0.39, 0.29) is 24.5 Å². The van der Waals surface area contributed by atoms with Crippen molar-refractivity contribution >= 4 is 11.8 Å². The van der Waals surface area contributed by atoms with E-state index in [9.17, 15) is 9.59 Å². The van der Waals surface area contributed by atoms with Crippen molar-refractivity contribution in [2.24, 2.45) is 0 Å². The maximum atomic E-state index is 13.0. The van der Waals surface area contributed by atoms with E-state index >= 15 is 0 Å². The molecule has 128 valence electrons. The lowest BCUT2D eigenvalue weighted by molar-refractivity contribution is -0.172. The minimum absolute atomic E-state index is 0.0337. The van der Waals surface area contributed by atoms with Crippen molar-refractivity contribution in [3.63, 3.8) is 0 Å². The van der Waals surface area contributed by atoms with Crippen LogP contribution in [0.5, 0.6) is 0 Å². The molecule has 0 unspecified atom stereocenters. The number of pyridine rings is 1. The van der Waals surface area contributed by atoms with Crippen LogP contribution in [0.3, 0.4) is 0 Å². The van der Waals surface area contributed by atoms with Gasteiger partial charge in [0.25, 0.3) is 5.91 Å². The van der Waals surface area contributed by atoms with Gasteiger partial charge in [-0.25, -0.2) is 0 Å². The third kappa shape index (κ3) is 2.89. The fourth-order valence-electron chi connectivity index (χ4n) is 3.47. The third-order valence-electron chi connectivity index (χ3n) is 4.79. The van der Waals surface area contributed by atoms with E-state index in [2.05, 4.69) is 4.98 Å². The number of amides is 2. The van der Waals surface area contributed by atoms with Crippen molar-refractivity contribution in [1.82, 2.24) is 14.8 Å². The van der Waals surface area contributed by atoms with E-state index in [0.29, 0.717) is 26.3 Å². The summed E-state index contributed by atoms with van der Waals surface area (Å²) in [6, 6.07) is 3.55. The van der Waals surface area contributed by atoms with Gasteiger partial charge in [-0.1, -0.05) is 6.07 Å². The molecule has 1 saturated carbocycles. The number of carbonyl (C=O) groups excluding carboxylic acids is 2. The number of ether oxygens (including phenoxy) is 2. The predicted molar refractivity (Wildman–Crippen MR) is 84.0 cm³/mol. The fourth-order valence-corrected chi connectivity index (χ4v) is 3.47. The molecule has 3 heterocycles. The Kier molecular flexibility index (Phi) is 4.20. The lowest BCUT2D eigenvalue weighted by atomic mass is 9.97. The van der Waals surface area contributed by atoms with Crippen LogP contribution in [0, 0.1) is 0 Å². The van der Waals surface area contributed by atoms with Crippen LogP contribution in [-0.2, 0) is 19.1 Å². The minimum atomic E-state index is -0.675. The molecule has 0 aromatic carbocycles. The van der Waals surface area contributed by atoms with Crippen LogP contribution in [0.15, 0.2) is 24.5 Å². The average Bonchev–Trinajstić information content (AvgIpc) is 3.47. The molecule has 2 atom stereocenters. The maximum Gasteiger partial charge on any atom is 0.254 e. The van der Waals surface area contributed by atoms with E-state index in [1.54, 1.807) is 17.3 Å². The molecule has 3 fully saturated rings. The van der Waals surface area contributed by atoms with E-state index in [1.807, 2.05) is 17.0 Å². The Morgan fingerprint density at radius 2 is 2.04 bits per heavy atom. The fraction of sp³-hybridized carbons (Fsp3) is 0.588. The number of carbonyl (C=O) groups is 2. The number of hydrogen-bond acceptors (Lipinski definition) is 5. The van der Waals surface area contributed by atoms with Gasteiger partial charge in [-0.3, -0.25) is 14.6 Å². The first-order valence-electron chi connectivity index (χ1n) is 8.45. The first-order chi connectivity index (χ1) is 11.8. The highest BCUT2D eigenvalue weighted by Gasteiger charge is 2.48. The molecule has 0 radical (unpaired) electrons. The van der Waals surface area contributed by atoms with Crippen LogP contribution >= 0.6 is 0 Å². The van der Waals surface area contributed by atoms with E-state index in [4.69, 9.17) is 9.47 Å². The number of aromatic nitrogens is 1. The van der Waals surface area contributed by atoms with Crippen molar-refractivity contribution in [2.75, 3.05) is 32.9 Å². The highest BCUT2D eigenvalue weighted by Crippen LogP contribution is 2.39. The molecule has 1 aromatic heterocycles. The summed E-state index contributed by atoms with van der Waals surface area (Å²) in [6.07, 6.45) is 4.71. The zero-order chi connectivity index (χ0) is 16.5. The van der Waals surface area contributed by atoms with Gasteiger partial charge in [0.05, 0.1) is 19.3 Å². The van der Waals surface area contributed by atoms with Gasteiger partial charge >= 0.3 is 0 Å². The molecule has 1 aliphatic carbocycles. The van der Waals surface area contributed by atoms with E-state index < -0.39 is 12.1 Å². The van der Waals surface area contributed by atoms with Crippen LogP contribution in [0.2, 0.25) is 0 Å². The molecule has 2 aliphatic heterocycles. The van der Waals surface area contributed by atoms with Gasteiger partial charge in [0.15, 0.2) is 6.10 Å². The van der Waals surface area contributed by atoms with Crippen LogP contribution < -0.4 is 0 Å². The van der Waals surface area contributed by atoms with Crippen molar-refractivity contribution in [1.29, 1.82) is 0 Å². The van der Waals surface area contributed by atoms with Gasteiger partial charge in [0, 0.05) is 31.5 Å². The molecule has 7 nitrogen and oxygen atoms in total. The standard InChI is InChI=1S/C17H21N3O4/c21-14-11-24-16(17(22)19-6-8-23-9-7-19)15(20(14)13-3-4-13)12-2-1-5-18-10-12/h1-2,5,10,13,15-16H,3-4,6-9,11H2/t15-,16+/m1/s1. The van der Waals surface area contributed by atoms with Crippen LogP contribution in [0.4, 0.5) is 0 Å².